The molecular weight excluding hydrogens is 667 g/mol. The maximum absolute atomic E-state index is 13.4. The first-order chi connectivity index (χ1) is 23.0. The number of aromatic nitrogens is 3. The van der Waals surface area contributed by atoms with Crippen LogP contribution in [-0.2, 0) is 53.5 Å². The van der Waals surface area contributed by atoms with E-state index < -0.39 is 62.2 Å². The number of amides is 4. The van der Waals surface area contributed by atoms with Crippen molar-refractivity contribution < 1.29 is 52.0 Å². The summed E-state index contributed by atoms with van der Waals surface area (Å²) >= 11 is 0. The monoisotopic (exact) mass is 718 g/mol. The maximum atomic E-state index is 13.4. The highest BCUT2D eigenvalue weighted by Gasteiger charge is 2.40. The standard InChI is InChI=1S/C29H51N8O11P/c1-19(2)11-22(27(41)29(5,43)18-48-49(44,45-6)47-17-21-13-32-36-35-21)33-25(39)15-31-28(42)23(12-20(3)4)34-24(38)14-30-26(40)16-37-7-9-46-10-8-37/h13,19-20,22-23,43H,7-12,14-18H2,1-6H3,(H,30,40)(H,31,42)(H,33,39)(H,34,38)(H,32,35,36)/t22-,23-,29+,49?/m0/s1. The van der Waals surface area contributed by atoms with Crippen molar-refractivity contribution in [1.82, 2.24) is 41.6 Å². The average molecular weight is 719 g/mol. The molecule has 49 heavy (non-hydrogen) atoms. The molecule has 1 aromatic rings. The number of carbonyl (C=O) groups excluding carboxylic acids is 5. The summed E-state index contributed by atoms with van der Waals surface area (Å²) in [7, 11) is -3.15. The van der Waals surface area contributed by atoms with Gasteiger partial charge in [-0.25, -0.2) is 4.57 Å². The van der Waals surface area contributed by atoms with Crippen LogP contribution >= 0.6 is 7.82 Å². The minimum atomic E-state index is -4.22. The Bertz CT molecular complexity index is 1270. The van der Waals surface area contributed by atoms with Crippen LogP contribution in [0, 0.1) is 11.8 Å². The molecule has 6 N–H and O–H groups in total. The number of H-pyrrole nitrogens is 1. The van der Waals surface area contributed by atoms with Gasteiger partial charge >= 0.3 is 7.82 Å². The topological polar surface area (TPSA) is 252 Å². The Kier molecular flexibility index (Phi) is 17.4. The lowest BCUT2D eigenvalue weighted by Crippen LogP contribution is -2.55. The van der Waals surface area contributed by atoms with Crippen molar-refractivity contribution in [2.45, 2.75) is 71.8 Å². The number of hydrogen-bond acceptors (Lipinski definition) is 14. The Morgan fingerprint density at radius 2 is 1.57 bits per heavy atom. The van der Waals surface area contributed by atoms with Gasteiger partial charge in [-0.15, -0.1) is 5.10 Å². The second-order valence-electron chi connectivity index (χ2n) is 12.7. The smallest absolute Gasteiger partial charge is 0.380 e. The van der Waals surface area contributed by atoms with Gasteiger partial charge in [-0.2, -0.15) is 0 Å². The fourth-order valence-electron chi connectivity index (χ4n) is 4.62. The van der Waals surface area contributed by atoms with Gasteiger partial charge in [-0.3, -0.25) is 47.5 Å². The molecule has 0 aliphatic carbocycles. The molecule has 0 bridgehead atoms. The number of rotatable bonds is 22. The molecule has 1 saturated heterocycles. The third-order valence-electron chi connectivity index (χ3n) is 7.15. The van der Waals surface area contributed by atoms with Crippen LogP contribution in [0.15, 0.2) is 6.20 Å². The lowest BCUT2D eigenvalue weighted by molar-refractivity contribution is -0.143. The van der Waals surface area contributed by atoms with Crippen molar-refractivity contribution in [3.8, 4) is 0 Å². The van der Waals surface area contributed by atoms with Crippen LogP contribution in [0.3, 0.4) is 0 Å². The highest BCUT2D eigenvalue weighted by Crippen LogP contribution is 2.49. The first-order valence-electron chi connectivity index (χ1n) is 16.0. The number of morpholine rings is 1. The molecule has 20 heteroatoms. The molecule has 19 nitrogen and oxygen atoms in total. The second-order valence-corrected chi connectivity index (χ2v) is 14.4. The van der Waals surface area contributed by atoms with Crippen molar-refractivity contribution in [1.29, 1.82) is 0 Å². The first kappa shape index (κ1) is 41.8. The largest absolute Gasteiger partial charge is 0.475 e. The fourth-order valence-corrected chi connectivity index (χ4v) is 5.60. The van der Waals surface area contributed by atoms with E-state index >= 15 is 0 Å². The zero-order valence-electron chi connectivity index (χ0n) is 29.0. The number of aromatic amines is 1. The summed E-state index contributed by atoms with van der Waals surface area (Å²) in [4.78, 5) is 66.0. The zero-order valence-corrected chi connectivity index (χ0v) is 29.9. The predicted molar refractivity (Wildman–Crippen MR) is 173 cm³/mol. The Morgan fingerprint density at radius 3 is 2.14 bits per heavy atom. The summed E-state index contributed by atoms with van der Waals surface area (Å²) < 4.78 is 33.3. The minimum absolute atomic E-state index is 0.000543. The van der Waals surface area contributed by atoms with Gasteiger partial charge in [0.15, 0.2) is 5.78 Å². The van der Waals surface area contributed by atoms with Crippen molar-refractivity contribution in [2.75, 3.05) is 59.7 Å². The van der Waals surface area contributed by atoms with Gasteiger partial charge in [0.1, 0.15) is 23.9 Å². The molecule has 0 radical (unpaired) electrons. The molecule has 4 atom stereocenters. The van der Waals surface area contributed by atoms with Crippen LogP contribution in [0.25, 0.3) is 0 Å². The van der Waals surface area contributed by atoms with Crippen LogP contribution < -0.4 is 21.3 Å². The van der Waals surface area contributed by atoms with Gasteiger partial charge < -0.3 is 31.1 Å². The fraction of sp³-hybridized carbons (Fsp3) is 0.759. The van der Waals surface area contributed by atoms with E-state index in [2.05, 4.69) is 36.7 Å². The Balaban J connectivity index is 1.92. The highest BCUT2D eigenvalue weighted by atomic mass is 31.2. The third kappa shape index (κ3) is 15.8. The molecule has 4 amide bonds. The van der Waals surface area contributed by atoms with E-state index in [1.54, 1.807) is 13.8 Å². The summed E-state index contributed by atoms with van der Waals surface area (Å²) in [6.07, 6.45) is 1.78. The molecule has 0 aromatic carbocycles. The molecule has 1 aliphatic heterocycles. The van der Waals surface area contributed by atoms with Crippen LogP contribution in [-0.4, -0.2) is 132 Å². The minimum Gasteiger partial charge on any atom is -0.380 e. The maximum Gasteiger partial charge on any atom is 0.475 e. The molecule has 278 valence electrons. The number of aliphatic hydroxyl groups is 1. The molecule has 2 heterocycles. The van der Waals surface area contributed by atoms with Gasteiger partial charge in [-0.05, 0) is 31.6 Å². The van der Waals surface area contributed by atoms with E-state index in [9.17, 15) is 33.6 Å². The summed E-state index contributed by atoms with van der Waals surface area (Å²) in [5.74, 6) is -3.21. The van der Waals surface area contributed by atoms with E-state index in [1.807, 2.05) is 18.7 Å². The molecule has 1 aliphatic rings. The number of ether oxygens (including phenoxy) is 1. The van der Waals surface area contributed by atoms with Crippen molar-refractivity contribution >= 4 is 37.2 Å². The normalized spacial score (nSPS) is 17.4. The molecule has 1 unspecified atom stereocenters. The number of nitrogens with one attached hydrogen (secondary N) is 5. The Labute approximate surface area is 285 Å². The number of hydrogen-bond donors (Lipinski definition) is 6. The van der Waals surface area contributed by atoms with Gasteiger partial charge in [0.2, 0.25) is 23.6 Å². The summed E-state index contributed by atoms with van der Waals surface area (Å²) in [5.41, 5.74) is -1.93. The van der Waals surface area contributed by atoms with Gasteiger partial charge in [0.05, 0.1) is 45.5 Å². The van der Waals surface area contributed by atoms with Crippen LogP contribution in [0.5, 0.6) is 0 Å². The molecular formula is C29H51N8O11P. The molecule has 0 saturated carbocycles. The summed E-state index contributed by atoms with van der Waals surface area (Å²) in [6, 6.07) is -2.20. The van der Waals surface area contributed by atoms with Gasteiger partial charge in [-0.1, -0.05) is 32.9 Å². The van der Waals surface area contributed by atoms with Crippen LogP contribution in [0.2, 0.25) is 0 Å². The number of carbonyl (C=O) groups is 5. The van der Waals surface area contributed by atoms with Gasteiger partial charge in [0.25, 0.3) is 0 Å². The molecule has 1 aromatic heterocycles. The summed E-state index contributed by atoms with van der Waals surface area (Å²) in [6.45, 7) is 8.93. The zero-order chi connectivity index (χ0) is 36.6. The lowest BCUT2D eigenvalue weighted by atomic mass is 9.90. The Hall–Kier alpha value is -3.32. The number of Topliss-reactive ketones (excluding diaryl/α,β-unsaturated/α-hetero) is 1. The van der Waals surface area contributed by atoms with Gasteiger partial charge in [0, 0.05) is 26.4 Å². The quantitative estimate of drug-likeness (QED) is 0.0791. The van der Waals surface area contributed by atoms with E-state index in [1.165, 1.54) is 6.20 Å². The van der Waals surface area contributed by atoms with Crippen LogP contribution in [0.4, 0.5) is 0 Å². The third-order valence-corrected chi connectivity index (χ3v) is 8.49. The molecule has 1 fully saturated rings. The average Bonchev–Trinajstić information content (AvgIpc) is 3.57. The van der Waals surface area contributed by atoms with Crippen molar-refractivity contribution in [3.05, 3.63) is 11.9 Å². The number of phosphoric acid groups is 1. The van der Waals surface area contributed by atoms with Crippen LogP contribution in [0.1, 0.15) is 53.2 Å². The van der Waals surface area contributed by atoms with E-state index in [0.717, 1.165) is 14.0 Å². The first-order valence-corrected chi connectivity index (χ1v) is 17.5. The highest BCUT2D eigenvalue weighted by molar-refractivity contribution is 7.48. The van der Waals surface area contributed by atoms with E-state index in [-0.39, 0.29) is 50.3 Å². The molecule has 2 rings (SSSR count). The van der Waals surface area contributed by atoms with Crippen molar-refractivity contribution in [3.63, 3.8) is 0 Å². The second kappa shape index (κ2) is 20.4. The van der Waals surface area contributed by atoms with E-state index in [4.69, 9.17) is 18.3 Å². The molecule has 0 spiro atoms. The number of ketones is 1. The summed E-state index contributed by atoms with van der Waals surface area (Å²) in [5, 5.41) is 30.8. The number of phosphoric ester groups is 1. The van der Waals surface area contributed by atoms with E-state index in [0.29, 0.717) is 32.0 Å². The predicted octanol–water partition coefficient (Wildman–Crippen LogP) is -0.961. The SMILES string of the molecule is COP(=O)(OCc1c[nH]nn1)OC[C@@](C)(O)C(=O)[C@H](CC(C)C)NC(=O)CNC(=O)[C@H](CC(C)C)NC(=O)CNC(=O)CN1CCOCC1. The Morgan fingerprint density at radius 1 is 0.980 bits per heavy atom. The van der Waals surface area contributed by atoms with Crippen molar-refractivity contribution in [2.24, 2.45) is 11.8 Å². The lowest BCUT2D eigenvalue weighted by Gasteiger charge is -2.29. The number of nitrogens with zero attached hydrogens (tertiary/aromatic N) is 3.